The third-order valence-electron chi connectivity index (χ3n) is 3.67. The van der Waals surface area contributed by atoms with Crippen LogP contribution in [0.4, 0.5) is 0 Å². The average Bonchev–Trinajstić information content (AvgIpc) is 2.57. The second kappa shape index (κ2) is 6.38. The summed E-state index contributed by atoms with van der Waals surface area (Å²) in [6.07, 6.45) is 0.183. The van der Waals surface area contributed by atoms with Crippen molar-refractivity contribution in [3.05, 3.63) is 96.1 Å². The van der Waals surface area contributed by atoms with Crippen molar-refractivity contribution in [1.82, 2.24) is 0 Å². The molecule has 1 heteroatoms. The monoisotopic (exact) mass is 274 g/mol. The Morgan fingerprint density at radius 1 is 0.619 bits per heavy atom. The molecule has 0 saturated carbocycles. The van der Waals surface area contributed by atoms with E-state index in [1.807, 2.05) is 60.7 Å². The summed E-state index contributed by atoms with van der Waals surface area (Å²) in [6, 6.07) is 28.5. The second-order valence-electron chi connectivity index (χ2n) is 5.19. The molecule has 0 aliphatic rings. The first-order valence-electron chi connectivity index (χ1n) is 7.20. The zero-order valence-corrected chi connectivity index (χ0v) is 11.8. The minimum Gasteiger partial charge on any atom is -0.388 e. The minimum absolute atomic E-state index is 0.461. The summed E-state index contributed by atoms with van der Waals surface area (Å²) in [7, 11) is 0. The Morgan fingerprint density at radius 3 is 1.76 bits per heavy atom. The average molecular weight is 274 g/mol. The lowest BCUT2D eigenvalue weighted by molar-refractivity contribution is 0.178. The molecule has 0 spiro atoms. The highest BCUT2D eigenvalue weighted by molar-refractivity contribution is 5.63. The van der Waals surface area contributed by atoms with Crippen molar-refractivity contribution in [3.8, 4) is 11.1 Å². The molecule has 1 nitrogen and oxygen atoms in total. The van der Waals surface area contributed by atoms with Crippen LogP contribution < -0.4 is 0 Å². The van der Waals surface area contributed by atoms with Gasteiger partial charge in [0.1, 0.15) is 0 Å². The van der Waals surface area contributed by atoms with E-state index in [9.17, 15) is 5.11 Å². The first kappa shape index (κ1) is 13.6. The molecular weight excluding hydrogens is 256 g/mol. The molecule has 0 heterocycles. The van der Waals surface area contributed by atoms with Gasteiger partial charge in [-0.1, -0.05) is 84.9 Å². The Labute approximate surface area is 125 Å². The molecule has 3 aromatic rings. The summed E-state index contributed by atoms with van der Waals surface area (Å²) >= 11 is 0. The van der Waals surface area contributed by atoms with E-state index in [1.54, 1.807) is 0 Å². The SMILES string of the molecule is O[C@H](Cc1ccccc1)c1ccc(-c2ccccc2)cc1. The highest BCUT2D eigenvalue weighted by Crippen LogP contribution is 2.23. The minimum atomic E-state index is -0.461. The Hall–Kier alpha value is -2.38. The van der Waals surface area contributed by atoms with Crippen molar-refractivity contribution >= 4 is 0 Å². The predicted molar refractivity (Wildman–Crippen MR) is 87.0 cm³/mol. The van der Waals surface area contributed by atoms with E-state index in [1.165, 1.54) is 11.1 Å². The van der Waals surface area contributed by atoms with E-state index >= 15 is 0 Å². The van der Waals surface area contributed by atoms with Crippen LogP contribution in [0.25, 0.3) is 11.1 Å². The Bertz CT molecular complexity index is 672. The molecule has 21 heavy (non-hydrogen) atoms. The molecular formula is C20H18O. The maximum Gasteiger partial charge on any atom is 0.0830 e. The van der Waals surface area contributed by atoms with Crippen LogP contribution in [0.3, 0.4) is 0 Å². The summed E-state index contributed by atoms with van der Waals surface area (Å²) in [5, 5.41) is 10.3. The number of aliphatic hydroxyl groups is 1. The molecule has 3 aromatic carbocycles. The fourth-order valence-electron chi connectivity index (χ4n) is 2.48. The lowest BCUT2D eigenvalue weighted by Gasteiger charge is -2.12. The highest BCUT2D eigenvalue weighted by atomic mass is 16.3. The molecule has 0 aromatic heterocycles. The second-order valence-corrected chi connectivity index (χ2v) is 5.19. The van der Waals surface area contributed by atoms with Crippen LogP contribution in [-0.2, 0) is 6.42 Å². The number of hydrogen-bond acceptors (Lipinski definition) is 1. The first-order valence-corrected chi connectivity index (χ1v) is 7.20. The van der Waals surface area contributed by atoms with Crippen molar-refractivity contribution in [3.63, 3.8) is 0 Å². The highest BCUT2D eigenvalue weighted by Gasteiger charge is 2.08. The zero-order valence-electron chi connectivity index (χ0n) is 11.8. The van der Waals surface area contributed by atoms with Gasteiger partial charge in [-0.15, -0.1) is 0 Å². The van der Waals surface area contributed by atoms with Crippen LogP contribution in [0.2, 0.25) is 0 Å². The van der Waals surface area contributed by atoms with Crippen LogP contribution in [0, 0.1) is 0 Å². The normalized spacial score (nSPS) is 12.0. The Balaban J connectivity index is 1.75. The van der Waals surface area contributed by atoms with E-state index in [2.05, 4.69) is 24.3 Å². The summed E-state index contributed by atoms with van der Waals surface area (Å²) in [5.41, 5.74) is 4.48. The maximum absolute atomic E-state index is 10.3. The summed E-state index contributed by atoms with van der Waals surface area (Å²) in [6.45, 7) is 0. The van der Waals surface area contributed by atoms with Gasteiger partial charge in [-0.05, 0) is 22.3 Å². The topological polar surface area (TPSA) is 20.2 Å². The van der Waals surface area contributed by atoms with Gasteiger partial charge in [0, 0.05) is 6.42 Å². The van der Waals surface area contributed by atoms with Gasteiger partial charge in [0.05, 0.1) is 6.10 Å². The molecule has 0 fully saturated rings. The van der Waals surface area contributed by atoms with Crippen LogP contribution >= 0.6 is 0 Å². The summed E-state index contributed by atoms with van der Waals surface area (Å²) < 4.78 is 0. The van der Waals surface area contributed by atoms with Crippen LogP contribution in [-0.4, -0.2) is 5.11 Å². The zero-order chi connectivity index (χ0) is 14.5. The van der Waals surface area contributed by atoms with Crippen molar-refractivity contribution in [2.24, 2.45) is 0 Å². The number of benzene rings is 3. The smallest absolute Gasteiger partial charge is 0.0830 e. The largest absolute Gasteiger partial charge is 0.388 e. The molecule has 0 aliphatic carbocycles. The van der Waals surface area contributed by atoms with Crippen LogP contribution in [0.1, 0.15) is 17.2 Å². The summed E-state index contributed by atoms with van der Waals surface area (Å²) in [4.78, 5) is 0. The van der Waals surface area contributed by atoms with Gasteiger partial charge in [-0.25, -0.2) is 0 Å². The van der Waals surface area contributed by atoms with Gasteiger partial charge in [0.15, 0.2) is 0 Å². The van der Waals surface area contributed by atoms with Gasteiger partial charge in [0.25, 0.3) is 0 Å². The van der Waals surface area contributed by atoms with Gasteiger partial charge in [-0.3, -0.25) is 0 Å². The van der Waals surface area contributed by atoms with E-state index < -0.39 is 6.10 Å². The third kappa shape index (κ3) is 3.39. The number of rotatable bonds is 4. The summed E-state index contributed by atoms with van der Waals surface area (Å²) in [5.74, 6) is 0. The van der Waals surface area contributed by atoms with Gasteiger partial charge in [-0.2, -0.15) is 0 Å². The molecule has 0 amide bonds. The molecule has 104 valence electrons. The van der Waals surface area contributed by atoms with E-state index in [-0.39, 0.29) is 0 Å². The quantitative estimate of drug-likeness (QED) is 0.735. The van der Waals surface area contributed by atoms with Crippen molar-refractivity contribution < 1.29 is 5.11 Å². The Morgan fingerprint density at radius 2 is 1.14 bits per heavy atom. The van der Waals surface area contributed by atoms with Crippen LogP contribution in [0.5, 0.6) is 0 Å². The number of aliphatic hydroxyl groups excluding tert-OH is 1. The van der Waals surface area contributed by atoms with Gasteiger partial charge >= 0.3 is 0 Å². The third-order valence-corrected chi connectivity index (χ3v) is 3.67. The van der Waals surface area contributed by atoms with E-state index in [4.69, 9.17) is 0 Å². The molecule has 1 atom stereocenters. The standard InChI is InChI=1S/C20H18O/c21-20(15-16-7-3-1-4-8-16)19-13-11-18(12-14-19)17-9-5-2-6-10-17/h1-14,20-21H,15H2/t20-/m1/s1. The van der Waals surface area contributed by atoms with Gasteiger partial charge < -0.3 is 5.11 Å². The van der Waals surface area contributed by atoms with Crippen LogP contribution in [0.15, 0.2) is 84.9 Å². The lowest BCUT2D eigenvalue weighted by atomic mass is 9.98. The fourth-order valence-corrected chi connectivity index (χ4v) is 2.48. The molecule has 0 unspecified atom stereocenters. The number of hydrogen-bond donors (Lipinski definition) is 1. The molecule has 0 saturated heterocycles. The molecule has 0 aliphatic heterocycles. The molecule has 1 N–H and O–H groups in total. The molecule has 0 radical (unpaired) electrons. The Kier molecular flexibility index (Phi) is 4.13. The van der Waals surface area contributed by atoms with Crippen molar-refractivity contribution in [2.75, 3.05) is 0 Å². The van der Waals surface area contributed by atoms with E-state index in [0.29, 0.717) is 6.42 Å². The fraction of sp³-hybridized carbons (Fsp3) is 0.100. The van der Waals surface area contributed by atoms with Gasteiger partial charge in [0.2, 0.25) is 0 Å². The first-order chi connectivity index (χ1) is 10.3. The van der Waals surface area contributed by atoms with E-state index in [0.717, 1.165) is 11.1 Å². The van der Waals surface area contributed by atoms with Crippen molar-refractivity contribution in [2.45, 2.75) is 12.5 Å². The molecule has 3 rings (SSSR count). The predicted octanol–water partition coefficient (Wildman–Crippen LogP) is 4.63. The lowest BCUT2D eigenvalue weighted by Crippen LogP contribution is -2.01. The van der Waals surface area contributed by atoms with Crippen molar-refractivity contribution in [1.29, 1.82) is 0 Å². The molecule has 0 bridgehead atoms. The maximum atomic E-state index is 10.3.